The number of hydrogen-bond acceptors (Lipinski definition) is 2. The van der Waals surface area contributed by atoms with E-state index in [0.29, 0.717) is 23.4 Å². The number of Topliss-reactive ketones (excluding diaryl/α,β-unsaturated/α-hetero) is 2. The molecule has 3 rings (SSSR count). The van der Waals surface area contributed by atoms with Gasteiger partial charge in [-0.15, -0.1) is 0 Å². The molecular weight excluding hydrogens is 176 g/mol. The second kappa shape index (κ2) is 2.91. The Morgan fingerprint density at radius 1 is 0.786 bits per heavy atom. The SMILES string of the molecule is O=C1CCC[C@H]2[C@H]3CCCC(=O)[C@@H]3[C@H]12. The zero-order chi connectivity index (χ0) is 9.71. The minimum absolute atomic E-state index is 0.154. The number of fused-ring (bicyclic) bond motifs is 4. The van der Waals surface area contributed by atoms with Crippen LogP contribution in [-0.4, -0.2) is 11.6 Å². The lowest BCUT2D eigenvalue weighted by molar-refractivity contribution is -0.160. The molecule has 4 atom stereocenters. The van der Waals surface area contributed by atoms with E-state index in [1.165, 1.54) is 12.8 Å². The lowest BCUT2D eigenvalue weighted by Gasteiger charge is -2.55. The summed E-state index contributed by atoms with van der Waals surface area (Å²) in [5, 5.41) is 0. The molecule has 3 aliphatic rings. The summed E-state index contributed by atoms with van der Waals surface area (Å²) < 4.78 is 0. The van der Waals surface area contributed by atoms with E-state index in [0.717, 1.165) is 25.7 Å². The second-order valence-corrected chi connectivity index (χ2v) is 5.10. The van der Waals surface area contributed by atoms with Crippen LogP contribution in [0.15, 0.2) is 0 Å². The van der Waals surface area contributed by atoms with Crippen molar-refractivity contribution in [3.8, 4) is 0 Å². The molecule has 0 N–H and O–H groups in total. The number of hydrogen-bond donors (Lipinski definition) is 0. The first kappa shape index (κ1) is 8.63. The average molecular weight is 192 g/mol. The monoisotopic (exact) mass is 192 g/mol. The van der Waals surface area contributed by atoms with Crippen molar-refractivity contribution in [2.45, 2.75) is 38.5 Å². The zero-order valence-electron chi connectivity index (χ0n) is 8.37. The molecule has 0 radical (unpaired) electrons. The molecule has 3 fully saturated rings. The summed E-state index contributed by atoms with van der Waals surface area (Å²) in [6.07, 6.45) is 6.00. The predicted octanol–water partition coefficient (Wildman–Crippen LogP) is 1.97. The van der Waals surface area contributed by atoms with Gasteiger partial charge in [0.1, 0.15) is 11.6 Å². The molecule has 76 valence electrons. The molecule has 0 aromatic heterocycles. The first-order valence-corrected chi connectivity index (χ1v) is 5.84. The molecule has 0 amide bonds. The molecule has 0 bridgehead atoms. The van der Waals surface area contributed by atoms with Crippen LogP contribution in [0, 0.1) is 23.7 Å². The maximum absolute atomic E-state index is 11.7. The van der Waals surface area contributed by atoms with E-state index in [9.17, 15) is 9.59 Å². The van der Waals surface area contributed by atoms with E-state index in [-0.39, 0.29) is 11.8 Å². The maximum atomic E-state index is 11.7. The lowest BCUT2D eigenvalue weighted by Crippen LogP contribution is -2.57. The van der Waals surface area contributed by atoms with Gasteiger partial charge in [-0.3, -0.25) is 9.59 Å². The molecule has 2 heteroatoms. The van der Waals surface area contributed by atoms with Crippen LogP contribution in [0.2, 0.25) is 0 Å². The Balaban J connectivity index is 1.86. The van der Waals surface area contributed by atoms with E-state index in [1.807, 2.05) is 0 Å². The zero-order valence-corrected chi connectivity index (χ0v) is 8.37. The summed E-state index contributed by atoms with van der Waals surface area (Å²) in [4.78, 5) is 23.4. The third kappa shape index (κ3) is 0.971. The second-order valence-electron chi connectivity index (χ2n) is 5.10. The Morgan fingerprint density at radius 3 is 1.64 bits per heavy atom. The van der Waals surface area contributed by atoms with Gasteiger partial charge in [0.05, 0.1) is 0 Å². The van der Waals surface area contributed by atoms with Gasteiger partial charge in [0.25, 0.3) is 0 Å². The predicted molar refractivity (Wildman–Crippen MR) is 51.7 cm³/mol. The van der Waals surface area contributed by atoms with Crippen molar-refractivity contribution in [2.75, 3.05) is 0 Å². The minimum Gasteiger partial charge on any atom is -0.299 e. The van der Waals surface area contributed by atoms with Gasteiger partial charge >= 0.3 is 0 Å². The van der Waals surface area contributed by atoms with Crippen molar-refractivity contribution in [1.29, 1.82) is 0 Å². The summed E-state index contributed by atoms with van der Waals surface area (Å²) in [5.41, 5.74) is 0. The van der Waals surface area contributed by atoms with Crippen LogP contribution in [0.25, 0.3) is 0 Å². The summed E-state index contributed by atoms with van der Waals surface area (Å²) in [5.74, 6) is 2.26. The Morgan fingerprint density at radius 2 is 1.21 bits per heavy atom. The van der Waals surface area contributed by atoms with E-state index in [4.69, 9.17) is 0 Å². The highest BCUT2D eigenvalue weighted by atomic mass is 16.1. The van der Waals surface area contributed by atoms with Crippen molar-refractivity contribution in [2.24, 2.45) is 23.7 Å². The summed E-state index contributed by atoms with van der Waals surface area (Å²) >= 11 is 0. The van der Waals surface area contributed by atoms with E-state index in [1.54, 1.807) is 0 Å². The van der Waals surface area contributed by atoms with Crippen LogP contribution >= 0.6 is 0 Å². The van der Waals surface area contributed by atoms with Crippen molar-refractivity contribution in [3.05, 3.63) is 0 Å². The summed E-state index contributed by atoms with van der Waals surface area (Å²) in [6.45, 7) is 0. The number of carbonyl (C=O) groups excluding carboxylic acids is 2. The molecule has 0 unspecified atom stereocenters. The van der Waals surface area contributed by atoms with Crippen molar-refractivity contribution >= 4 is 11.6 Å². The highest BCUT2D eigenvalue weighted by molar-refractivity contribution is 5.93. The Kier molecular flexibility index (Phi) is 1.80. The lowest BCUT2D eigenvalue weighted by atomic mass is 9.47. The Hall–Kier alpha value is -0.660. The summed E-state index contributed by atoms with van der Waals surface area (Å²) in [7, 11) is 0. The molecule has 14 heavy (non-hydrogen) atoms. The number of rotatable bonds is 0. The molecular formula is C12H16O2. The molecule has 0 spiro atoms. The molecule has 0 aromatic carbocycles. The number of carbonyl (C=O) groups is 2. The largest absolute Gasteiger partial charge is 0.299 e. The molecule has 0 aliphatic heterocycles. The fraction of sp³-hybridized carbons (Fsp3) is 0.833. The van der Waals surface area contributed by atoms with Gasteiger partial charge in [-0.1, -0.05) is 0 Å². The van der Waals surface area contributed by atoms with Gasteiger partial charge in [0.15, 0.2) is 0 Å². The first-order valence-electron chi connectivity index (χ1n) is 5.84. The first-order chi connectivity index (χ1) is 6.79. The molecule has 3 saturated carbocycles. The molecule has 0 saturated heterocycles. The molecule has 2 nitrogen and oxygen atoms in total. The van der Waals surface area contributed by atoms with Crippen LogP contribution in [0.3, 0.4) is 0 Å². The third-order valence-electron chi connectivity index (χ3n) is 4.52. The van der Waals surface area contributed by atoms with Gasteiger partial charge in [-0.25, -0.2) is 0 Å². The van der Waals surface area contributed by atoms with E-state index < -0.39 is 0 Å². The average Bonchev–Trinajstić information content (AvgIpc) is 2.14. The quantitative estimate of drug-likeness (QED) is 0.588. The van der Waals surface area contributed by atoms with Gasteiger partial charge in [-0.2, -0.15) is 0 Å². The van der Waals surface area contributed by atoms with Crippen molar-refractivity contribution in [1.82, 2.24) is 0 Å². The topological polar surface area (TPSA) is 34.1 Å². The highest BCUT2D eigenvalue weighted by Gasteiger charge is 2.57. The molecule has 0 heterocycles. The normalized spacial score (nSPS) is 46.6. The van der Waals surface area contributed by atoms with Crippen LogP contribution in [-0.2, 0) is 9.59 Å². The minimum atomic E-state index is 0.154. The standard InChI is InChI=1S/C12H16O2/c13-9-5-1-3-7-8-4-2-6-10(14)12(8)11(7)9/h7-8,11-12H,1-6H2/t7-,8+,11-,12+. The maximum Gasteiger partial charge on any atom is 0.136 e. The van der Waals surface area contributed by atoms with Gasteiger partial charge in [0.2, 0.25) is 0 Å². The Labute approximate surface area is 84.1 Å². The van der Waals surface area contributed by atoms with Crippen LogP contribution in [0.5, 0.6) is 0 Å². The molecule has 0 aromatic rings. The fourth-order valence-corrected chi connectivity index (χ4v) is 3.94. The third-order valence-corrected chi connectivity index (χ3v) is 4.52. The fourth-order valence-electron chi connectivity index (χ4n) is 3.94. The highest BCUT2D eigenvalue weighted by Crippen LogP contribution is 2.56. The summed E-state index contributed by atoms with van der Waals surface area (Å²) in [6, 6.07) is 0. The van der Waals surface area contributed by atoms with Crippen LogP contribution < -0.4 is 0 Å². The molecule has 3 aliphatic carbocycles. The Bertz CT molecular complexity index is 265. The van der Waals surface area contributed by atoms with Gasteiger partial charge in [0, 0.05) is 24.7 Å². The van der Waals surface area contributed by atoms with Crippen LogP contribution in [0.4, 0.5) is 0 Å². The van der Waals surface area contributed by atoms with E-state index >= 15 is 0 Å². The smallest absolute Gasteiger partial charge is 0.136 e. The number of ketones is 2. The van der Waals surface area contributed by atoms with Gasteiger partial charge in [-0.05, 0) is 37.5 Å². The van der Waals surface area contributed by atoms with Crippen LogP contribution in [0.1, 0.15) is 38.5 Å². The van der Waals surface area contributed by atoms with E-state index in [2.05, 4.69) is 0 Å². The van der Waals surface area contributed by atoms with Gasteiger partial charge < -0.3 is 0 Å². The van der Waals surface area contributed by atoms with Crippen molar-refractivity contribution in [3.63, 3.8) is 0 Å². The van der Waals surface area contributed by atoms with Crippen molar-refractivity contribution < 1.29 is 9.59 Å².